The van der Waals surface area contributed by atoms with Crippen molar-refractivity contribution < 1.29 is 23.7 Å². The van der Waals surface area contributed by atoms with Gasteiger partial charge in [-0.25, -0.2) is 0 Å². The van der Waals surface area contributed by atoms with Crippen LogP contribution in [0.2, 0.25) is 0 Å². The van der Waals surface area contributed by atoms with Crippen LogP contribution in [-0.2, 0) is 9.53 Å². The number of carbonyl (C=O) groups excluding carboxylic acids is 1. The molecule has 0 unspecified atom stereocenters. The van der Waals surface area contributed by atoms with Gasteiger partial charge >= 0.3 is 0 Å². The average Bonchev–Trinajstić information content (AvgIpc) is 2.77. The molecule has 2 heterocycles. The van der Waals surface area contributed by atoms with E-state index in [9.17, 15) is 4.79 Å². The Hall–Kier alpha value is -3.24. The van der Waals surface area contributed by atoms with E-state index in [4.69, 9.17) is 24.2 Å². The van der Waals surface area contributed by atoms with Gasteiger partial charge in [-0.3, -0.25) is 4.79 Å². The Balaban J connectivity index is 1.61. The normalized spacial score (nSPS) is 20.0. The molecule has 0 N–H and O–H groups in total. The van der Waals surface area contributed by atoms with Gasteiger partial charge in [0.1, 0.15) is 25.0 Å². The summed E-state index contributed by atoms with van der Waals surface area (Å²) in [6.07, 6.45) is 0.0665. The summed E-state index contributed by atoms with van der Waals surface area (Å²) in [4.78, 5) is 14.7. The topological polar surface area (TPSA) is 81.0 Å². The monoisotopic (exact) mass is 394 g/mol. The maximum absolute atomic E-state index is 12.9. The first-order valence-corrected chi connectivity index (χ1v) is 9.57. The van der Waals surface area contributed by atoms with Gasteiger partial charge in [-0.1, -0.05) is 12.1 Å². The van der Waals surface area contributed by atoms with Crippen molar-refractivity contribution in [3.8, 4) is 23.3 Å². The van der Waals surface area contributed by atoms with E-state index in [1.165, 1.54) is 0 Å². The highest BCUT2D eigenvalue weighted by molar-refractivity contribution is 5.89. The molecule has 150 valence electrons. The number of carbonyl (C=O) groups is 1. The summed E-state index contributed by atoms with van der Waals surface area (Å²) in [6.45, 7) is 2.11. The van der Waals surface area contributed by atoms with E-state index in [0.717, 1.165) is 12.0 Å². The Kier molecular flexibility index (Phi) is 5.54. The number of methoxy groups -OCH3 is 1. The highest BCUT2D eigenvalue weighted by Gasteiger charge is 2.51. The Morgan fingerprint density at radius 3 is 2.72 bits per heavy atom. The van der Waals surface area contributed by atoms with Gasteiger partial charge in [0.25, 0.3) is 5.91 Å². The van der Waals surface area contributed by atoms with Gasteiger partial charge in [-0.05, 0) is 36.8 Å². The van der Waals surface area contributed by atoms with Gasteiger partial charge in [0.15, 0.2) is 11.5 Å². The third-order valence-corrected chi connectivity index (χ3v) is 5.06. The predicted octanol–water partition coefficient (Wildman–Crippen LogP) is 2.70. The summed E-state index contributed by atoms with van der Waals surface area (Å²) in [6, 6.07) is 14.3. The second-order valence-electron chi connectivity index (χ2n) is 6.87. The molecule has 0 radical (unpaired) electrons. The van der Waals surface area contributed by atoms with Crippen LogP contribution in [0.4, 0.5) is 0 Å². The van der Waals surface area contributed by atoms with Crippen LogP contribution in [0.15, 0.2) is 42.5 Å². The zero-order valence-corrected chi connectivity index (χ0v) is 16.2. The smallest absolute Gasteiger partial charge is 0.266 e. The SMILES string of the molecule is COCCCN1C(=O)[C@@H](Oc2ccc(C#N)cc2)[C@H]1c1cccc2c1OCCO2. The second-order valence-corrected chi connectivity index (χ2v) is 6.87. The highest BCUT2D eigenvalue weighted by Crippen LogP contribution is 2.45. The summed E-state index contributed by atoms with van der Waals surface area (Å²) in [5.41, 5.74) is 1.41. The molecule has 2 aromatic rings. The fourth-order valence-corrected chi connectivity index (χ4v) is 3.68. The third kappa shape index (κ3) is 3.71. The average molecular weight is 394 g/mol. The number of rotatable bonds is 7. The summed E-state index contributed by atoms with van der Waals surface area (Å²) in [5.74, 6) is 1.82. The number of amides is 1. The molecular formula is C22H22N2O5. The van der Waals surface area contributed by atoms with Gasteiger partial charge in [0.05, 0.1) is 11.6 Å². The molecular weight excluding hydrogens is 372 g/mol. The van der Waals surface area contributed by atoms with E-state index in [1.807, 2.05) is 18.2 Å². The van der Waals surface area contributed by atoms with E-state index in [1.54, 1.807) is 36.3 Å². The molecule has 1 saturated heterocycles. The lowest BCUT2D eigenvalue weighted by Gasteiger charge is -2.47. The molecule has 1 amide bonds. The number of nitrogens with zero attached hydrogens (tertiary/aromatic N) is 2. The number of ether oxygens (including phenoxy) is 4. The maximum Gasteiger partial charge on any atom is 0.266 e. The molecule has 4 rings (SSSR count). The number of fused-ring (bicyclic) bond motifs is 1. The number of hydrogen-bond donors (Lipinski definition) is 0. The lowest BCUT2D eigenvalue weighted by molar-refractivity contribution is -0.164. The number of likely N-dealkylation sites (tertiary alicyclic amines) is 1. The molecule has 29 heavy (non-hydrogen) atoms. The number of hydrogen-bond acceptors (Lipinski definition) is 6. The van der Waals surface area contributed by atoms with Gasteiger partial charge in [0.2, 0.25) is 6.10 Å². The molecule has 2 aliphatic heterocycles. The largest absolute Gasteiger partial charge is 0.486 e. The van der Waals surface area contributed by atoms with Crippen molar-refractivity contribution in [1.82, 2.24) is 4.90 Å². The molecule has 0 aliphatic carbocycles. The van der Waals surface area contributed by atoms with Crippen LogP contribution < -0.4 is 14.2 Å². The molecule has 2 aromatic carbocycles. The minimum Gasteiger partial charge on any atom is -0.486 e. The Labute approximate surface area is 169 Å². The molecule has 7 heteroatoms. The minimum atomic E-state index is -0.664. The highest BCUT2D eigenvalue weighted by atomic mass is 16.6. The molecule has 1 fully saturated rings. The minimum absolute atomic E-state index is 0.0789. The van der Waals surface area contributed by atoms with Crippen molar-refractivity contribution in [2.24, 2.45) is 0 Å². The summed E-state index contributed by atoms with van der Waals surface area (Å²) in [5, 5.41) is 8.96. The molecule has 2 aliphatic rings. The summed E-state index contributed by atoms with van der Waals surface area (Å²) < 4.78 is 22.7. The van der Waals surface area contributed by atoms with E-state index >= 15 is 0 Å². The number of benzene rings is 2. The van der Waals surface area contributed by atoms with Crippen LogP contribution >= 0.6 is 0 Å². The Morgan fingerprint density at radius 1 is 1.17 bits per heavy atom. The van der Waals surface area contributed by atoms with E-state index in [-0.39, 0.29) is 11.9 Å². The fraction of sp³-hybridized carbons (Fsp3) is 0.364. The van der Waals surface area contributed by atoms with Crippen LogP contribution in [0, 0.1) is 11.3 Å². The first-order chi connectivity index (χ1) is 14.2. The summed E-state index contributed by atoms with van der Waals surface area (Å²) in [7, 11) is 1.64. The van der Waals surface area contributed by atoms with Crippen molar-refractivity contribution in [2.75, 3.05) is 33.5 Å². The van der Waals surface area contributed by atoms with E-state index < -0.39 is 6.10 Å². The number of nitriles is 1. The summed E-state index contributed by atoms with van der Waals surface area (Å²) >= 11 is 0. The zero-order chi connectivity index (χ0) is 20.2. The fourth-order valence-electron chi connectivity index (χ4n) is 3.68. The van der Waals surface area contributed by atoms with Gasteiger partial charge in [-0.2, -0.15) is 5.26 Å². The quantitative estimate of drug-likeness (QED) is 0.531. The molecule has 0 spiro atoms. The van der Waals surface area contributed by atoms with Crippen LogP contribution in [-0.4, -0.2) is 50.4 Å². The molecule has 2 atom stereocenters. The van der Waals surface area contributed by atoms with Gasteiger partial charge in [-0.15, -0.1) is 0 Å². The Morgan fingerprint density at radius 2 is 1.97 bits per heavy atom. The first kappa shape index (κ1) is 19.1. The van der Waals surface area contributed by atoms with Crippen LogP contribution in [0.3, 0.4) is 0 Å². The lowest BCUT2D eigenvalue weighted by atomic mass is 9.89. The third-order valence-electron chi connectivity index (χ3n) is 5.06. The van der Waals surface area contributed by atoms with Crippen molar-refractivity contribution in [1.29, 1.82) is 5.26 Å². The van der Waals surface area contributed by atoms with Crippen molar-refractivity contribution in [3.63, 3.8) is 0 Å². The van der Waals surface area contributed by atoms with Crippen molar-refractivity contribution >= 4 is 5.91 Å². The predicted molar refractivity (Wildman–Crippen MR) is 104 cm³/mol. The molecule has 7 nitrogen and oxygen atoms in total. The molecule has 0 saturated carbocycles. The first-order valence-electron chi connectivity index (χ1n) is 9.57. The van der Waals surface area contributed by atoms with E-state index in [0.29, 0.717) is 49.2 Å². The zero-order valence-electron chi connectivity index (χ0n) is 16.2. The standard InChI is InChI=1S/C22H22N2O5/c1-26-11-3-10-24-19(17-4-2-5-18-20(17)28-13-12-27-18)21(22(24)25)29-16-8-6-15(14-23)7-9-16/h2,4-9,19,21H,3,10-13H2,1H3/t19-,21+/m1/s1. The lowest BCUT2D eigenvalue weighted by Crippen LogP contribution is -2.61. The van der Waals surface area contributed by atoms with Crippen LogP contribution in [0.25, 0.3) is 0 Å². The van der Waals surface area contributed by atoms with Crippen LogP contribution in [0.5, 0.6) is 17.2 Å². The van der Waals surface area contributed by atoms with Crippen molar-refractivity contribution in [2.45, 2.75) is 18.6 Å². The maximum atomic E-state index is 12.9. The Bertz CT molecular complexity index is 922. The second kappa shape index (κ2) is 8.41. The van der Waals surface area contributed by atoms with E-state index in [2.05, 4.69) is 6.07 Å². The van der Waals surface area contributed by atoms with Crippen molar-refractivity contribution in [3.05, 3.63) is 53.6 Å². The molecule has 0 aromatic heterocycles. The van der Waals surface area contributed by atoms with Gasteiger partial charge < -0.3 is 23.8 Å². The molecule has 0 bridgehead atoms. The van der Waals surface area contributed by atoms with Gasteiger partial charge in [0, 0.05) is 25.8 Å². The number of β-lactam (4-membered cyclic amide) rings is 1. The number of para-hydroxylation sites is 1. The van der Waals surface area contributed by atoms with Crippen LogP contribution in [0.1, 0.15) is 23.6 Å².